The summed E-state index contributed by atoms with van der Waals surface area (Å²) in [6.07, 6.45) is 7.62. The summed E-state index contributed by atoms with van der Waals surface area (Å²) < 4.78 is 3.68. The fourth-order valence-electron chi connectivity index (χ4n) is 3.59. The summed E-state index contributed by atoms with van der Waals surface area (Å²) in [5.41, 5.74) is 4.03. The minimum Gasteiger partial charge on any atom is -0.317 e. The zero-order valence-electron chi connectivity index (χ0n) is 13.8. The summed E-state index contributed by atoms with van der Waals surface area (Å²) in [5, 5.41) is 7.60. The second-order valence-electron chi connectivity index (χ2n) is 6.25. The summed E-state index contributed by atoms with van der Waals surface area (Å²) in [6, 6.07) is 8.10. The maximum absolute atomic E-state index is 12.4. The largest absolute Gasteiger partial charge is 0.317 e. The second-order valence-corrected chi connectivity index (χ2v) is 6.25. The Morgan fingerprint density at radius 3 is 2.76 bits per heavy atom. The molecule has 0 aliphatic rings. The summed E-state index contributed by atoms with van der Waals surface area (Å²) in [7, 11) is 1.91. The van der Waals surface area contributed by atoms with Gasteiger partial charge in [0.1, 0.15) is 0 Å². The third-order valence-corrected chi connectivity index (χ3v) is 4.65. The fraction of sp³-hybridized carbons (Fsp3) is 0.105. The van der Waals surface area contributed by atoms with Crippen LogP contribution in [0.5, 0.6) is 0 Å². The van der Waals surface area contributed by atoms with Crippen LogP contribution >= 0.6 is 0 Å². The van der Waals surface area contributed by atoms with Crippen LogP contribution in [0.25, 0.3) is 33.5 Å². The van der Waals surface area contributed by atoms with E-state index in [1.165, 1.54) is 0 Å². The van der Waals surface area contributed by atoms with Crippen LogP contribution in [0.4, 0.5) is 0 Å². The molecule has 0 atom stereocenters. The van der Waals surface area contributed by atoms with Crippen molar-refractivity contribution < 1.29 is 0 Å². The van der Waals surface area contributed by atoms with Crippen molar-refractivity contribution in [2.24, 2.45) is 7.05 Å². The van der Waals surface area contributed by atoms with Gasteiger partial charge < -0.3 is 4.98 Å². The van der Waals surface area contributed by atoms with Gasteiger partial charge in [-0.3, -0.25) is 13.9 Å². The number of aryl methyl sites for hydroxylation is 2. The minimum absolute atomic E-state index is 0.183. The minimum atomic E-state index is -0.183. The van der Waals surface area contributed by atoms with E-state index >= 15 is 0 Å². The molecule has 0 saturated heterocycles. The first-order valence-corrected chi connectivity index (χ1v) is 8.05. The number of nitrogens with zero attached hydrogens (tertiary/aromatic N) is 4. The number of hydrogen-bond acceptors (Lipinski definition) is 3. The SMILES string of the molecule is Cc1nn(C)cc1C=c1c2ccccc2c2[nH]c(=O)c3nccn3c12. The molecule has 0 radical (unpaired) electrons. The van der Waals surface area contributed by atoms with E-state index in [4.69, 9.17) is 0 Å². The summed E-state index contributed by atoms with van der Waals surface area (Å²) in [6.45, 7) is 1.99. The normalized spacial score (nSPS) is 12.8. The van der Waals surface area contributed by atoms with E-state index in [2.05, 4.69) is 27.2 Å². The predicted octanol–water partition coefficient (Wildman–Crippen LogP) is 1.92. The van der Waals surface area contributed by atoms with Crippen LogP contribution in [0.15, 0.2) is 47.7 Å². The number of hydrogen-bond donors (Lipinski definition) is 1. The molecule has 5 rings (SSSR count). The summed E-state index contributed by atoms with van der Waals surface area (Å²) in [4.78, 5) is 19.6. The number of imidazole rings is 1. The van der Waals surface area contributed by atoms with Gasteiger partial charge in [-0.2, -0.15) is 5.10 Å². The van der Waals surface area contributed by atoms with Crippen molar-refractivity contribution in [1.82, 2.24) is 24.1 Å². The highest BCUT2D eigenvalue weighted by Crippen LogP contribution is 2.22. The van der Waals surface area contributed by atoms with Crippen LogP contribution in [0.1, 0.15) is 11.3 Å². The number of aromatic amines is 1. The molecule has 0 spiro atoms. The van der Waals surface area contributed by atoms with E-state index in [-0.39, 0.29) is 5.56 Å². The zero-order valence-corrected chi connectivity index (χ0v) is 13.8. The van der Waals surface area contributed by atoms with Gasteiger partial charge in [0, 0.05) is 41.8 Å². The molecule has 6 heteroatoms. The maximum atomic E-state index is 12.4. The van der Waals surface area contributed by atoms with Gasteiger partial charge in [0.15, 0.2) is 0 Å². The van der Waals surface area contributed by atoms with E-state index in [1.54, 1.807) is 6.20 Å². The van der Waals surface area contributed by atoms with E-state index in [9.17, 15) is 4.79 Å². The average molecular weight is 329 g/mol. The van der Waals surface area contributed by atoms with Crippen molar-refractivity contribution in [3.05, 3.63) is 69.7 Å². The van der Waals surface area contributed by atoms with Gasteiger partial charge in [-0.15, -0.1) is 0 Å². The van der Waals surface area contributed by atoms with Gasteiger partial charge >= 0.3 is 0 Å². The van der Waals surface area contributed by atoms with Crippen LogP contribution in [0, 0.1) is 6.92 Å². The molecule has 5 aromatic rings. The Morgan fingerprint density at radius 1 is 1.20 bits per heavy atom. The topological polar surface area (TPSA) is 68.0 Å². The van der Waals surface area contributed by atoms with Crippen molar-refractivity contribution in [3.8, 4) is 0 Å². The van der Waals surface area contributed by atoms with Gasteiger partial charge in [-0.25, -0.2) is 4.98 Å². The summed E-state index contributed by atoms with van der Waals surface area (Å²) in [5.74, 6) is 0. The van der Waals surface area contributed by atoms with Crippen molar-refractivity contribution in [2.75, 3.05) is 0 Å². The van der Waals surface area contributed by atoms with Gasteiger partial charge in [0.2, 0.25) is 5.65 Å². The molecule has 3 aromatic heterocycles. The first-order chi connectivity index (χ1) is 12.1. The lowest BCUT2D eigenvalue weighted by molar-refractivity contribution is 0.756. The van der Waals surface area contributed by atoms with Gasteiger partial charge in [-0.05, 0) is 18.4 Å². The van der Waals surface area contributed by atoms with Crippen LogP contribution in [0.2, 0.25) is 0 Å². The van der Waals surface area contributed by atoms with Crippen molar-refractivity contribution in [1.29, 1.82) is 0 Å². The predicted molar refractivity (Wildman–Crippen MR) is 97.6 cm³/mol. The second kappa shape index (κ2) is 4.80. The molecule has 0 aliphatic carbocycles. The Morgan fingerprint density at radius 2 is 2.00 bits per heavy atom. The highest BCUT2D eigenvalue weighted by Gasteiger charge is 2.14. The van der Waals surface area contributed by atoms with Crippen molar-refractivity contribution >= 4 is 33.5 Å². The Kier molecular flexibility index (Phi) is 2.68. The molecule has 0 saturated carbocycles. The van der Waals surface area contributed by atoms with Crippen LogP contribution in [-0.2, 0) is 7.05 Å². The van der Waals surface area contributed by atoms with Gasteiger partial charge in [-0.1, -0.05) is 24.3 Å². The van der Waals surface area contributed by atoms with E-state index in [1.807, 2.05) is 53.6 Å². The van der Waals surface area contributed by atoms with Gasteiger partial charge in [0.05, 0.1) is 16.7 Å². The van der Waals surface area contributed by atoms with Crippen LogP contribution in [-0.4, -0.2) is 24.1 Å². The van der Waals surface area contributed by atoms with Crippen LogP contribution < -0.4 is 10.8 Å². The fourth-order valence-corrected chi connectivity index (χ4v) is 3.59. The number of aromatic nitrogens is 5. The molecule has 1 N–H and O–H groups in total. The average Bonchev–Trinajstić information content (AvgIpc) is 3.26. The number of H-pyrrole nitrogens is 1. The molecule has 3 heterocycles. The molecule has 0 bridgehead atoms. The lowest BCUT2D eigenvalue weighted by Gasteiger charge is -1.97. The Labute approximate surface area is 142 Å². The van der Waals surface area contributed by atoms with Crippen LogP contribution in [0.3, 0.4) is 0 Å². The number of nitrogens with one attached hydrogen (secondary N) is 1. The molecular formula is C19H15N5O. The highest BCUT2D eigenvalue weighted by molar-refractivity contribution is 6.10. The smallest absolute Gasteiger partial charge is 0.292 e. The molecule has 0 amide bonds. The highest BCUT2D eigenvalue weighted by atomic mass is 16.1. The molecule has 6 nitrogen and oxygen atoms in total. The Hall–Kier alpha value is -3.41. The van der Waals surface area contributed by atoms with Gasteiger partial charge in [0.25, 0.3) is 5.56 Å². The number of benzene rings is 1. The molecule has 25 heavy (non-hydrogen) atoms. The molecule has 0 aliphatic heterocycles. The molecular weight excluding hydrogens is 314 g/mol. The molecule has 0 unspecified atom stereocenters. The maximum Gasteiger partial charge on any atom is 0.292 e. The third kappa shape index (κ3) is 1.88. The monoisotopic (exact) mass is 329 g/mol. The van der Waals surface area contributed by atoms with Crippen molar-refractivity contribution in [3.63, 3.8) is 0 Å². The summed E-state index contributed by atoms with van der Waals surface area (Å²) >= 11 is 0. The lowest BCUT2D eigenvalue weighted by atomic mass is 10.1. The standard InChI is InChI=1S/C19H15N5O/c1-11-12(10-23(2)22-11)9-15-13-5-3-4-6-14(13)16-17(15)24-8-7-20-18(24)19(25)21-16/h3-10H,1-2H3,(H,21,25). The number of fused-ring (bicyclic) bond motifs is 5. The van der Waals surface area contributed by atoms with E-state index in [0.717, 1.165) is 38.3 Å². The van der Waals surface area contributed by atoms with E-state index in [0.29, 0.717) is 5.65 Å². The lowest BCUT2D eigenvalue weighted by Crippen LogP contribution is -2.13. The van der Waals surface area contributed by atoms with E-state index < -0.39 is 0 Å². The number of rotatable bonds is 1. The Balaban J connectivity index is 2.08. The molecule has 122 valence electrons. The molecule has 2 aromatic carbocycles. The zero-order chi connectivity index (χ0) is 17.1. The quantitative estimate of drug-likeness (QED) is 0.511. The molecule has 0 fully saturated rings. The third-order valence-electron chi connectivity index (χ3n) is 4.65. The first-order valence-electron chi connectivity index (χ1n) is 8.05. The first kappa shape index (κ1) is 14.0. The van der Waals surface area contributed by atoms with Crippen molar-refractivity contribution in [2.45, 2.75) is 6.92 Å². The Bertz CT molecular complexity index is 1390.